The third-order valence-corrected chi connectivity index (χ3v) is 3.37. The molecule has 0 bridgehead atoms. The van der Waals surface area contributed by atoms with Gasteiger partial charge in [0.15, 0.2) is 0 Å². The minimum absolute atomic E-state index is 0.0249. The standard InChI is InChI=1S/C12H15BrN2O4/c1-8(12(16)17)3-2-6-14-11-5-4-9(15(18)19)7-10(11)13/h4-5,7-8,14H,2-3,6H2,1H3,(H,16,17). The first-order valence-corrected chi connectivity index (χ1v) is 6.61. The number of non-ortho nitro benzene ring substituents is 1. The summed E-state index contributed by atoms with van der Waals surface area (Å²) in [7, 11) is 0. The molecule has 0 aromatic heterocycles. The third-order valence-electron chi connectivity index (χ3n) is 2.71. The third kappa shape index (κ3) is 4.86. The van der Waals surface area contributed by atoms with Gasteiger partial charge < -0.3 is 10.4 Å². The van der Waals surface area contributed by atoms with E-state index in [0.717, 1.165) is 12.1 Å². The quantitative estimate of drug-likeness (QED) is 0.454. The van der Waals surface area contributed by atoms with Gasteiger partial charge in [-0.15, -0.1) is 0 Å². The summed E-state index contributed by atoms with van der Waals surface area (Å²) in [6.07, 6.45) is 1.31. The fraction of sp³-hybridized carbons (Fsp3) is 0.417. The van der Waals surface area contributed by atoms with Crippen molar-refractivity contribution in [3.63, 3.8) is 0 Å². The van der Waals surface area contributed by atoms with Gasteiger partial charge in [-0.05, 0) is 34.8 Å². The number of carboxylic acids is 1. The first kappa shape index (κ1) is 15.4. The van der Waals surface area contributed by atoms with Crippen LogP contribution in [0, 0.1) is 16.0 Å². The molecule has 2 N–H and O–H groups in total. The molecule has 1 aromatic rings. The van der Waals surface area contributed by atoms with Gasteiger partial charge in [0.25, 0.3) is 5.69 Å². The smallest absolute Gasteiger partial charge is 0.306 e. The molecule has 6 nitrogen and oxygen atoms in total. The van der Waals surface area contributed by atoms with Gasteiger partial charge in [-0.25, -0.2) is 0 Å². The van der Waals surface area contributed by atoms with Gasteiger partial charge >= 0.3 is 5.97 Å². The zero-order chi connectivity index (χ0) is 14.4. The summed E-state index contributed by atoms with van der Waals surface area (Å²) in [5, 5.41) is 22.4. The fourth-order valence-electron chi connectivity index (χ4n) is 1.52. The Bertz CT molecular complexity index is 479. The molecule has 0 heterocycles. The molecule has 0 aliphatic heterocycles. The van der Waals surface area contributed by atoms with Crippen molar-refractivity contribution >= 4 is 33.3 Å². The Morgan fingerprint density at radius 2 is 2.26 bits per heavy atom. The number of nitrogens with one attached hydrogen (secondary N) is 1. The first-order valence-electron chi connectivity index (χ1n) is 5.82. The number of nitro benzene ring substituents is 1. The van der Waals surface area contributed by atoms with E-state index in [0.29, 0.717) is 17.4 Å². The van der Waals surface area contributed by atoms with Gasteiger partial charge in [-0.3, -0.25) is 14.9 Å². The maximum absolute atomic E-state index is 10.6. The van der Waals surface area contributed by atoms with E-state index < -0.39 is 10.9 Å². The summed E-state index contributed by atoms with van der Waals surface area (Å²) in [6.45, 7) is 2.29. The zero-order valence-electron chi connectivity index (χ0n) is 10.4. The van der Waals surface area contributed by atoms with E-state index in [1.54, 1.807) is 13.0 Å². The van der Waals surface area contributed by atoms with E-state index in [2.05, 4.69) is 21.2 Å². The van der Waals surface area contributed by atoms with Crippen molar-refractivity contribution in [2.45, 2.75) is 19.8 Å². The van der Waals surface area contributed by atoms with Crippen molar-refractivity contribution in [3.8, 4) is 0 Å². The molecule has 0 spiro atoms. The van der Waals surface area contributed by atoms with E-state index in [4.69, 9.17) is 5.11 Å². The van der Waals surface area contributed by atoms with Crippen LogP contribution in [0.1, 0.15) is 19.8 Å². The number of aliphatic carboxylic acids is 1. The van der Waals surface area contributed by atoms with Crippen molar-refractivity contribution in [1.29, 1.82) is 0 Å². The van der Waals surface area contributed by atoms with Crippen LogP contribution < -0.4 is 5.32 Å². The number of carboxylic acid groups (broad SMARTS) is 1. The van der Waals surface area contributed by atoms with Crippen LogP contribution in [-0.4, -0.2) is 22.5 Å². The number of nitrogens with zero attached hydrogens (tertiary/aromatic N) is 1. The molecule has 0 aliphatic rings. The van der Waals surface area contributed by atoms with E-state index in [9.17, 15) is 14.9 Å². The number of halogens is 1. The molecule has 1 rings (SSSR count). The van der Waals surface area contributed by atoms with Gasteiger partial charge in [0.2, 0.25) is 0 Å². The van der Waals surface area contributed by atoms with Gasteiger partial charge in [-0.1, -0.05) is 6.92 Å². The molecule has 1 unspecified atom stereocenters. The zero-order valence-corrected chi connectivity index (χ0v) is 12.0. The highest BCUT2D eigenvalue weighted by Gasteiger charge is 2.11. The Morgan fingerprint density at radius 1 is 1.58 bits per heavy atom. The maximum Gasteiger partial charge on any atom is 0.306 e. The van der Waals surface area contributed by atoms with Crippen LogP contribution in [0.5, 0.6) is 0 Å². The van der Waals surface area contributed by atoms with Crippen LogP contribution >= 0.6 is 15.9 Å². The van der Waals surface area contributed by atoms with Gasteiger partial charge in [0, 0.05) is 28.8 Å². The van der Waals surface area contributed by atoms with Crippen molar-refractivity contribution < 1.29 is 14.8 Å². The topological polar surface area (TPSA) is 92.5 Å². The van der Waals surface area contributed by atoms with Crippen molar-refractivity contribution in [2.75, 3.05) is 11.9 Å². The Hall–Kier alpha value is -1.63. The summed E-state index contributed by atoms with van der Waals surface area (Å²) in [5.74, 6) is -1.15. The normalized spacial score (nSPS) is 11.9. The van der Waals surface area contributed by atoms with Crippen molar-refractivity contribution in [3.05, 3.63) is 32.8 Å². The van der Waals surface area contributed by atoms with Crippen LogP contribution in [-0.2, 0) is 4.79 Å². The van der Waals surface area contributed by atoms with Gasteiger partial charge in [-0.2, -0.15) is 0 Å². The molecule has 7 heteroatoms. The predicted molar refractivity (Wildman–Crippen MR) is 75.3 cm³/mol. The average molecular weight is 331 g/mol. The SMILES string of the molecule is CC(CCCNc1ccc([N+](=O)[O-])cc1Br)C(=O)O. The fourth-order valence-corrected chi connectivity index (χ4v) is 2.02. The summed E-state index contributed by atoms with van der Waals surface area (Å²) in [4.78, 5) is 20.7. The van der Waals surface area contributed by atoms with Crippen LogP contribution in [0.25, 0.3) is 0 Å². The number of nitro groups is 1. The lowest BCUT2D eigenvalue weighted by Crippen LogP contribution is -2.11. The monoisotopic (exact) mass is 330 g/mol. The number of benzene rings is 1. The molecule has 0 aliphatic carbocycles. The highest BCUT2D eigenvalue weighted by Crippen LogP contribution is 2.27. The maximum atomic E-state index is 10.6. The van der Waals surface area contributed by atoms with Crippen LogP contribution in [0.4, 0.5) is 11.4 Å². The number of hydrogen-bond donors (Lipinski definition) is 2. The number of anilines is 1. The first-order chi connectivity index (χ1) is 8.91. The summed E-state index contributed by atoms with van der Waals surface area (Å²) < 4.78 is 0.619. The number of carbonyl (C=O) groups is 1. The summed E-state index contributed by atoms with van der Waals surface area (Å²) >= 11 is 3.26. The Kier molecular flexibility index (Phi) is 5.75. The Morgan fingerprint density at radius 3 is 2.79 bits per heavy atom. The predicted octanol–water partition coefficient (Wildman–Crippen LogP) is 3.27. The van der Waals surface area contributed by atoms with E-state index >= 15 is 0 Å². The molecular weight excluding hydrogens is 316 g/mol. The molecule has 0 saturated carbocycles. The second-order valence-electron chi connectivity index (χ2n) is 4.23. The highest BCUT2D eigenvalue weighted by molar-refractivity contribution is 9.10. The molecule has 0 amide bonds. The van der Waals surface area contributed by atoms with Crippen LogP contribution in [0.2, 0.25) is 0 Å². The van der Waals surface area contributed by atoms with Crippen LogP contribution in [0.3, 0.4) is 0 Å². The van der Waals surface area contributed by atoms with E-state index in [1.807, 2.05) is 0 Å². The Balaban J connectivity index is 2.46. The largest absolute Gasteiger partial charge is 0.481 e. The molecular formula is C12H15BrN2O4. The lowest BCUT2D eigenvalue weighted by molar-refractivity contribution is -0.384. The van der Waals surface area contributed by atoms with Crippen molar-refractivity contribution in [1.82, 2.24) is 0 Å². The lowest BCUT2D eigenvalue weighted by atomic mass is 10.1. The summed E-state index contributed by atoms with van der Waals surface area (Å²) in [5.41, 5.74) is 0.783. The number of rotatable bonds is 7. The molecule has 1 aromatic carbocycles. The molecule has 1 atom stereocenters. The lowest BCUT2D eigenvalue weighted by Gasteiger charge is -2.09. The van der Waals surface area contributed by atoms with Gasteiger partial charge in [0.1, 0.15) is 0 Å². The van der Waals surface area contributed by atoms with E-state index in [-0.39, 0.29) is 11.6 Å². The second kappa shape index (κ2) is 7.08. The molecule has 0 fully saturated rings. The Labute approximate surface area is 119 Å². The average Bonchev–Trinajstić information content (AvgIpc) is 2.35. The van der Waals surface area contributed by atoms with Gasteiger partial charge in [0.05, 0.1) is 10.8 Å². The van der Waals surface area contributed by atoms with Crippen molar-refractivity contribution in [2.24, 2.45) is 5.92 Å². The number of hydrogen-bond acceptors (Lipinski definition) is 4. The summed E-state index contributed by atoms with van der Waals surface area (Å²) in [6, 6.07) is 4.48. The molecule has 0 saturated heterocycles. The molecule has 19 heavy (non-hydrogen) atoms. The highest BCUT2D eigenvalue weighted by atomic mass is 79.9. The second-order valence-corrected chi connectivity index (χ2v) is 5.08. The molecule has 0 radical (unpaired) electrons. The minimum atomic E-state index is -0.795. The minimum Gasteiger partial charge on any atom is -0.481 e. The molecule has 104 valence electrons. The van der Waals surface area contributed by atoms with E-state index in [1.165, 1.54) is 12.1 Å². The van der Waals surface area contributed by atoms with Crippen LogP contribution in [0.15, 0.2) is 22.7 Å².